The second-order valence-electron chi connectivity index (χ2n) is 16.4. The summed E-state index contributed by atoms with van der Waals surface area (Å²) in [5.41, 5.74) is 0.372. The molecule has 0 spiro atoms. The van der Waals surface area contributed by atoms with Crippen molar-refractivity contribution in [3.63, 3.8) is 0 Å². The molecule has 2 aliphatic heterocycles. The van der Waals surface area contributed by atoms with Gasteiger partial charge in [-0.15, -0.1) is 12.4 Å². The number of fused-ring (bicyclic) bond motifs is 5. The molecule has 0 bridgehead atoms. The first-order valence-electron chi connectivity index (χ1n) is 18.0. The molecule has 2 heterocycles. The van der Waals surface area contributed by atoms with E-state index in [0.717, 1.165) is 36.3 Å². The molecule has 0 unspecified atom stereocenters. The van der Waals surface area contributed by atoms with Crippen LogP contribution >= 0.6 is 12.4 Å². The standard InChI is InChI=1S/C36H61N2O4.BrH.ClH/c1-6-13-33(40)42-34-31(38(5)20-11-8-12-21-38)23-29-27-15-14-26-22-32(41-25(2)39)30(37-18-9-7-10-19-37)24-36(26,4)28(27)16-17-35(29,34)3;;/h26-32,34H,6-24H2,1-5H3;2*1H/q+1;;/p-1/t26-,27+,28-,29-,30-,31-,32-,34+,35-,36-;;/m0../s1. The van der Waals surface area contributed by atoms with Crippen molar-refractivity contribution < 1.29 is 40.5 Å². The van der Waals surface area contributed by atoms with Crippen molar-refractivity contribution in [2.75, 3.05) is 33.2 Å². The molecular weight excluding hydrogens is 640 g/mol. The average molecular weight is 702 g/mol. The topological polar surface area (TPSA) is 55.8 Å². The number of hydrogen-bond donors (Lipinski definition) is 0. The zero-order chi connectivity index (χ0) is 29.7. The van der Waals surface area contributed by atoms with Crippen LogP contribution in [0.1, 0.15) is 124 Å². The van der Waals surface area contributed by atoms with Crippen molar-refractivity contribution >= 4 is 24.3 Å². The number of nitrogens with zero attached hydrogens (tertiary/aromatic N) is 2. The van der Waals surface area contributed by atoms with E-state index in [2.05, 4.69) is 32.7 Å². The van der Waals surface area contributed by atoms with Crippen molar-refractivity contribution in [3.05, 3.63) is 0 Å². The van der Waals surface area contributed by atoms with Crippen LogP contribution in [-0.4, -0.2) is 78.8 Å². The summed E-state index contributed by atoms with van der Waals surface area (Å²) in [6.45, 7) is 13.6. The molecule has 44 heavy (non-hydrogen) atoms. The summed E-state index contributed by atoms with van der Waals surface area (Å²) < 4.78 is 13.8. The lowest BCUT2D eigenvalue weighted by atomic mass is 9.44. The van der Waals surface area contributed by atoms with Gasteiger partial charge in [0.15, 0.2) is 6.10 Å². The van der Waals surface area contributed by atoms with Crippen LogP contribution in [0.5, 0.6) is 0 Å². The van der Waals surface area contributed by atoms with E-state index in [4.69, 9.17) is 9.47 Å². The van der Waals surface area contributed by atoms with Crippen LogP contribution in [0.25, 0.3) is 0 Å². The predicted molar refractivity (Wildman–Crippen MR) is 173 cm³/mol. The van der Waals surface area contributed by atoms with Crippen molar-refractivity contribution in [3.8, 4) is 0 Å². The number of likely N-dealkylation sites (N-methyl/N-ethyl adjacent to an activating group) is 1. The van der Waals surface area contributed by atoms with Crippen LogP contribution in [0.15, 0.2) is 0 Å². The van der Waals surface area contributed by atoms with Gasteiger partial charge >= 0.3 is 11.9 Å². The van der Waals surface area contributed by atoms with E-state index in [0.29, 0.717) is 41.7 Å². The molecule has 6 rings (SSSR count). The van der Waals surface area contributed by atoms with Gasteiger partial charge in [0.1, 0.15) is 12.1 Å². The number of quaternary nitrogens is 1. The molecule has 10 atom stereocenters. The minimum atomic E-state index is -0.109. The lowest BCUT2D eigenvalue weighted by Gasteiger charge is -2.62. The molecule has 4 aliphatic carbocycles. The van der Waals surface area contributed by atoms with Crippen LogP contribution in [0.2, 0.25) is 0 Å². The van der Waals surface area contributed by atoms with Gasteiger partial charge in [-0.25, -0.2) is 0 Å². The molecule has 4 saturated carbocycles. The maximum atomic E-state index is 13.1. The molecule has 6 nitrogen and oxygen atoms in total. The van der Waals surface area contributed by atoms with E-state index in [9.17, 15) is 9.59 Å². The van der Waals surface area contributed by atoms with Gasteiger partial charge in [-0.2, -0.15) is 0 Å². The Balaban J connectivity index is 0.00000221. The molecule has 0 aromatic carbocycles. The highest BCUT2D eigenvalue weighted by Crippen LogP contribution is 2.67. The maximum absolute atomic E-state index is 13.1. The molecule has 8 heteroatoms. The molecule has 254 valence electrons. The number of carbonyl (C=O) groups is 2. The number of ether oxygens (including phenoxy) is 2. The quantitative estimate of drug-likeness (QED) is 0.308. The second kappa shape index (κ2) is 14.4. The third kappa shape index (κ3) is 6.52. The van der Waals surface area contributed by atoms with E-state index in [1.807, 2.05) is 0 Å². The molecular formula is C36H62BrClN2O4. The number of rotatable bonds is 6. The normalized spacial score (nSPS) is 43.2. The minimum absolute atomic E-state index is 0. The lowest BCUT2D eigenvalue weighted by molar-refractivity contribution is -0.940. The van der Waals surface area contributed by atoms with Crippen molar-refractivity contribution in [1.82, 2.24) is 4.90 Å². The van der Waals surface area contributed by atoms with Crippen LogP contribution < -0.4 is 17.0 Å². The summed E-state index contributed by atoms with van der Waals surface area (Å²) >= 11 is 0. The van der Waals surface area contributed by atoms with Gasteiger partial charge in [-0.3, -0.25) is 14.5 Å². The predicted octanol–water partition coefficient (Wildman–Crippen LogP) is 4.17. The van der Waals surface area contributed by atoms with Gasteiger partial charge in [0.2, 0.25) is 0 Å². The summed E-state index contributed by atoms with van der Waals surface area (Å²) in [6, 6.07) is 0.797. The lowest BCUT2D eigenvalue weighted by Crippen LogP contribution is -3.00. The van der Waals surface area contributed by atoms with Crippen LogP contribution in [0, 0.1) is 34.5 Å². The van der Waals surface area contributed by atoms with Gasteiger partial charge in [0, 0.05) is 31.2 Å². The number of halogens is 2. The zero-order valence-corrected chi connectivity index (χ0v) is 30.8. The molecule has 0 aromatic heterocycles. The Bertz CT molecular complexity index is 1000. The van der Waals surface area contributed by atoms with Gasteiger partial charge < -0.3 is 30.9 Å². The molecule has 0 amide bonds. The molecule has 6 fully saturated rings. The smallest absolute Gasteiger partial charge is 0.306 e. The summed E-state index contributed by atoms with van der Waals surface area (Å²) in [5.74, 6) is 2.63. The largest absolute Gasteiger partial charge is 1.00 e. The Labute approximate surface area is 284 Å². The number of likely N-dealkylation sites (tertiary alicyclic amines) is 2. The Morgan fingerprint density at radius 2 is 1.57 bits per heavy atom. The molecule has 2 saturated heterocycles. The first kappa shape index (κ1) is 36.5. The fourth-order valence-corrected chi connectivity index (χ4v) is 11.9. The number of piperidine rings is 2. The maximum Gasteiger partial charge on any atom is 0.306 e. The van der Waals surface area contributed by atoms with Gasteiger partial charge in [-0.1, -0.05) is 27.2 Å². The average Bonchev–Trinajstić information content (AvgIpc) is 3.26. The monoisotopic (exact) mass is 700 g/mol. The van der Waals surface area contributed by atoms with Crippen molar-refractivity contribution in [1.29, 1.82) is 0 Å². The summed E-state index contributed by atoms with van der Waals surface area (Å²) in [6.07, 6.45) is 17.7. The first-order chi connectivity index (χ1) is 20.1. The highest BCUT2D eigenvalue weighted by molar-refractivity contribution is 5.85. The first-order valence-corrected chi connectivity index (χ1v) is 18.0. The third-order valence-corrected chi connectivity index (χ3v) is 14.1. The van der Waals surface area contributed by atoms with Crippen LogP contribution in [0.4, 0.5) is 0 Å². The summed E-state index contributed by atoms with van der Waals surface area (Å²) in [7, 11) is 2.49. The molecule has 0 aromatic rings. The third-order valence-electron chi connectivity index (χ3n) is 14.1. The number of carbonyl (C=O) groups excluding carboxylic acids is 2. The van der Waals surface area contributed by atoms with Crippen LogP contribution in [-0.2, 0) is 19.1 Å². The van der Waals surface area contributed by atoms with E-state index < -0.39 is 0 Å². The number of hydrogen-bond acceptors (Lipinski definition) is 5. The molecule has 0 N–H and O–H groups in total. The molecule has 6 aliphatic rings. The van der Waals surface area contributed by atoms with Crippen molar-refractivity contribution in [2.45, 2.75) is 148 Å². The number of esters is 2. The highest BCUT2D eigenvalue weighted by Gasteiger charge is 2.67. The van der Waals surface area contributed by atoms with Gasteiger partial charge in [0.05, 0.1) is 20.1 Å². The Morgan fingerprint density at radius 3 is 2.23 bits per heavy atom. The van der Waals surface area contributed by atoms with E-state index in [1.165, 1.54) is 90.1 Å². The van der Waals surface area contributed by atoms with Gasteiger partial charge in [-0.05, 0) is 119 Å². The molecule has 0 radical (unpaired) electrons. The Kier molecular flexibility index (Phi) is 11.9. The van der Waals surface area contributed by atoms with Gasteiger partial charge in [0.25, 0.3) is 0 Å². The van der Waals surface area contributed by atoms with E-state index in [-0.39, 0.29) is 59.0 Å². The fraction of sp³-hybridized carbons (Fsp3) is 0.944. The van der Waals surface area contributed by atoms with E-state index in [1.54, 1.807) is 6.92 Å². The fourth-order valence-electron chi connectivity index (χ4n) is 11.9. The minimum Gasteiger partial charge on any atom is -1.00 e. The SMILES string of the molecule is CCCC(=O)O[C@@H]1[C@@H]([N+]2(C)CCCCC2)C[C@H]2[C@@H]3CC[C@H]4C[C@H](OC(C)=O)[C@@H](N5CCCCC5)C[C@]4(C)[C@H]3CC[C@]12C.Cl.[Br-]. The van der Waals surface area contributed by atoms with E-state index >= 15 is 0 Å². The summed E-state index contributed by atoms with van der Waals surface area (Å²) in [5, 5.41) is 0. The Morgan fingerprint density at radius 1 is 0.886 bits per heavy atom. The summed E-state index contributed by atoms with van der Waals surface area (Å²) in [4.78, 5) is 28.0. The zero-order valence-electron chi connectivity index (χ0n) is 28.4. The second-order valence-corrected chi connectivity index (χ2v) is 16.4. The highest BCUT2D eigenvalue weighted by atomic mass is 79.9. The van der Waals surface area contributed by atoms with Crippen LogP contribution in [0.3, 0.4) is 0 Å². The van der Waals surface area contributed by atoms with Crippen molar-refractivity contribution in [2.24, 2.45) is 34.5 Å². The Hall–Kier alpha value is -0.370.